The van der Waals surface area contributed by atoms with E-state index in [1.807, 2.05) is 0 Å². The fraction of sp³-hybridized carbons (Fsp3) is 0.286. The van der Waals surface area contributed by atoms with Crippen LogP contribution in [0.4, 0.5) is 0 Å². The van der Waals surface area contributed by atoms with Gasteiger partial charge in [0.2, 0.25) is 0 Å². The zero-order valence-corrected chi connectivity index (χ0v) is 21.1. The predicted molar refractivity (Wildman–Crippen MR) is 142 cm³/mol. The number of fused-ring (bicyclic) bond motifs is 2. The van der Waals surface area contributed by atoms with Crippen LogP contribution in [-0.4, -0.2) is 32.3 Å². The van der Waals surface area contributed by atoms with Crippen molar-refractivity contribution in [3.05, 3.63) is 88.4 Å². The van der Waals surface area contributed by atoms with Gasteiger partial charge in [0, 0.05) is 36.2 Å². The Kier molecular flexibility index (Phi) is 6.32. The minimum absolute atomic E-state index is 0.0614. The molecule has 1 fully saturated rings. The van der Waals surface area contributed by atoms with Gasteiger partial charge in [-0.2, -0.15) is 0 Å². The van der Waals surface area contributed by atoms with Gasteiger partial charge in [-0.05, 0) is 61.1 Å². The lowest BCUT2D eigenvalue weighted by Gasteiger charge is -2.34. The molecule has 4 aromatic carbocycles. The van der Waals surface area contributed by atoms with Crippen LogP contribution in [0.25, 0.3) is 21.5 Å². The Morgan fingerprint density at radius 1 is 0.788 bits per heavy atom. The molecule has 0 aliphatic carbocycles. The molecule has 1 saturated heterocycles. The first-order valence-corrected chi connectivity index (χ1v) is 12.3. The minimum Gasteiger partial charge on any atom is -0.407 e. The summed E-state index contributed by atoms with van der Waals surface area (Å²) in [7, 11) is 1.89. The maximum Gasteiger partial charge on any atom is 0.494 e. The maximum atomic E-state index is 6.10. The molecular weight excluding hydrogens is 473 g/mol. The first-order chi connectivity index (χ1) is 15.9. The lowest BCUT2D eigenvalue weighted by atomic mass is 9.73. The van der Waals surface area contributed by atoms with Gasteiger partial charge >= 0.3 is 7.12 Å². The van der Waals surface area contributed by atoms with Crippen LogP contribution >= 0.6 is 15.9 Å². The highest BCUT2D eigenvalue weighted by Gasteiger charge is 2.34. The maximum absolute atomic E-state index is 6.10. The first kappa shape index (κ1) is 22.6. The summed E-state index contributed by atoms with van der Waals surface area (Å²) in [5, 5.41) is 5.10. The fourth-order valence-electron chi connectivity index (χ4n) is 4.73. The minimum atomic E-state index is -0.294. The Labute approximate surface area is 205 Å². The summed E-state index contributed by atoms with van der Waals surface area (Å²) in [6.07, 6.45) is 0. The average Bonchev–Trinajstić information content (AvgIpc) is 2.82. The smallest absolute Gasteiger partial charge is 0.407 e. The predicted octanol–water partition coefficient (Wildman–Crippen LogP) is 6.16. The molecule has 0 N–H and O–H groups in total. The Morgan fingerprint density at radius 2 is 1.30 bits per heavy atom. The van der Waals surface area contributed by atoms with E-state index in [2.05, 4.69) is 115 Å². The van der Waals surface area contributed by atoms with Gasteiger partial charge in [-0.15, -0.1) is 0 Å². The normalized spacial score (nSPS) is 16.1. The highest BCUT2D eigenvalue weighted by atomic mass is 79.9. The summed E-state index contributed by atoms with van der Waals surface area (Å²) >= 11 is 3.86. The SMILES string of the molecule is CN(Cc1ccccc1B1OCC(C)(C)CO1)Cc1c2ccccc2c(Br)c2ccccc12. The molecule has 0 bridgehead atoms. The van der Waals surface area contributed by atoms with Crippen molar-refractivity contribution in [3.63, 3.8) is 0 Å². The summed E-state index contributed by atoms with van der Waals surface area (Å²) in [5.74, 6) is 0. The average molecular weight is 502 g/mol. The molecule has 0 amide bonds. The third-order valence-corrected chi connectivity index (χ3v) is 7.26. The van der Waals surface area contributed by atoms with Gasteiger partial charge in [0.25, 0.3) is 0 Å². The van der Waals surface area contributed by atoms with Crippen molar-refractivity contribution in [2.75, 3.05) is 20.3 Å². The van der Waals surface area contributed by atoms with Gasteiger partial charge in [-0.1, -0.05) is 86.6 Å². The third kappa shape index (κ3) is 4.60. The topological polar surface area (TPSA) is 21.7 Å². The number of benzene rings is 4. The van der Waals surface area contributed by atoms with Crippen molar-refractivity contribution in [2.45, 2.75) is 26.9 Å². The van der Waals surface area contributed by atoms with Crippen LogP contribution in [0.2, 0.25) is 0 Å². The van der Waals surface area contributed by atoms with Crippen LogP contribution in [0.5, 0.6) is 0 Å². The Bertz CT molecular complexity index is 1240. The van der Waals surface area contributed by atoms with Crippen molar-refractivity contribution in [1.82, 2.24) is 4.90 Å². The Balaban J connectivity index is 1.45. The highest BCUT2D eigenvalue weighted by Crippen LogP contribution is 2.36. The molecule has 0 saturated carbocycles. The second-order valence-corrected chi connectivity index (χ2v) is 10.7. The Morgan fingerprint density at radius 3 is 1.91 bits per heavy atom. The summed E-state index contributed by atoms with van der Waals surface area (Å²) in [6, 6.07) is 25.8. The number of hydrogen-bond acceptors (Lipinski definition) is 3. The number of halogens is 1. The first-order valence-electron chi connectivity index (χ1n) is 11.5. The van der Waals surface area contributed by atoms with Crippen molar-refractivity contribution < 1.29 is 9.31 Å². The van der Waals surface area contributed by atoms with E-state index in [1.54, 1.807) is 0 Å². The van der Waals surface area contributed by atoms with E-state index in [9.17, 15) is 0 Å². The van der Waals surface area contributed by atoms with Crippen molar-refractivity contribution >= 4 is 50.1 Å². The monoisotopic (exact) mass is 501 g/mol. The van der Waals surface area contributed by atoms with Crippen LogP contribution in [0, 0.1) is 5.41 Å². The van der Waals surface area contributed by atoms with Crippen LogP contribution in [0.3, 0.4) is 0 Å². The van der Waals surface area contributed by atoms with E-state index in [1.165, 1.54) is 37.1 Å². The third-order valence-electron chi connectivity index (χ3n) is 6.41. The summed E-state index contributed by atoms with van der Waals surface area (Å²) in [4.78, 5) is 2.38. The molecular formula is C28H29BBrNO2. The second-order valence-electron chi connectivity index (χ2n) is 9.87. The van der Waals surface area contributed by atoms with Crippen LogP contribution in [0.1, 0.15) is 25.0 Å². The molecule has 0 radical (unpaired) electrons. The molecule has 1 heterocycles. The summed E-state index contributed by atoms with van der Waals surface area (Å²) in [5.41, 5.74) is 3.79. The van der Waals surface area contributed by atoms with Crippen LogP contribution < -0.4 is 5.46 Å². The van der Waals surface area contributed by atoms with Gasteiger partial charge in [0.1, 0.15) is 0 Å². The molecule has 5 heteroatoms. The van der Waals surface area contributed by atoms with Crippen LogP contribution in [0.15, 0.2) is 77.3 Å². The highest BCUT2D eigenvalue weighted by molar-refractivity contribution is 9.10. The zero-order valence-electron chi connectivity index (χ0n) is 19.5. The fourth-order valence-corrected chi connectivity index (χ4v) is 5.42. The molecule has 4 aromatic rings. The van der Waals surface area contributed by atoms with E-state index in [0.29, 0.717) is 13.2 Å². The lowest BCUT2D eigenvalue weighted by molar-refractivity contribution is 0.0342. The zero-order chi connectivity index (χ0) is 23.0. The Hall–Kier alpha value is -2.18. The molecule has 0 unspecified atom stereocenters. The van der Waals surface area contributed by atoms with E-state index in [4.69, 9.17) is 9.31 Å². The van der Waals surface area contributed by atoms with Gasteiger partial charge in [-0.25, -0.2) is 0 Å². The van der Waals surface area contributed by atoms with E-state index >= 15 is 0 Å². The van der Waals surface area contributed by atoms with Gasteiger partial charge in [0.15, 0.2) is 0 Å². The van der Waals surface area contributed by atoms with E-state index < -0.39 is 0 Å². The molecule has 1 aliphatic heterocycles. The van der Waals surface area contributed by atoms with Gasteiger partial charge in [0.05, 0.1) is 0 Å². The van der Waals surface area contributed by atoms with Crippen LogP contribution in [-0.2, 0) is 22.4 Å². The molecule has 3 nitrogen and oxygen atoms in total. The largest absolute Gasteiger partial charge is 0.494 e. The molecule has 1 aliphatic rings. The molecule has 0 atom stereocenters. The molecule has 168 valence electrons. The number of nitrogens with zero attached hydrogens (tertiary/aromatic N) is 1. The molecule has 0 spiro atoms. The second kappa shape index (κ2) is 9.23. The quantitative estimate of drug-likeness (QED) is 0.241. The number of rotatable bonds is 5. The summed E-state index contributed by atoms with van der Waals surface area (Å²) in [6.45, 7) is 7.44. The van der Waals surface area contributed by atoms with Crippen molar-refractivity contribution in [3.8, 4) is 0 Å². The number of hydrogen-bond donors (Lipinski definition) is 0. The van der Waals surface area contributed by atoms with E-state index in [0.717, 1.165) is 18.6 Å². The van der Waals surface area contributed by atoms with E-state index in [-0.39, 0.29) is 12.5 Å². The standard InChI is InChI=1S/C28H29BBrNO2/c1-28(2)18-32-29(33-19-28)26-15-9-4-10-20(26)16-31(3)17-25-21-11-5-7-13-23(21)27(30)24-14-8-6-12-22(24)25/h4-15H,16-19H2,1-3H3. The van der Waals surface area contributed by atoms with Crippen molar-refractivity contribution in [1.29, 1.82) is 0 Å². The molecule has 0 aromatic heterocycles. The lowest BCUT2D eigenvalue weighted by Crippen LogP contribution is -2.48. The molecule has 33 heavy (non-hydrogen) atoms. The molecule has 5 rings (SSSR count). The van der Waals surface area contributed by atoms with Gasteiger partial charge in [-0.3, -0.25) is 4.90 Å². The van der Waals surface area contributed by atoms with Gasteiger partial charge < -0.3 is 9.31 Å². The van der Waals surface area contributed by atoms with Crippen molar-refractivity contribution in [2.24, 2.45) is 5.41 Å². The summed E-state index contributed by atoms with van der Waals surface area (Å²) < 4.78 is 13.4.